The van der Waals surface area contributed by atoms with Crippen molar-refractivity contribution in [3.05, 3.63) is 59.7 Å². The Morgan fingerprint density at radius 2 is 1.95 bits per heavy atom. The lowest BCUT2D eigenvalue weighted by Gasteiger charge is -2.07. The third kappa shape index (κ3) is 4.34. The van der Waals surface area contributed by atoms with Crippen molar-refractivity contribution >= 4 is 5.69 Å². The molecule has 100 valence electrons. The molecule has 1 aromatic carbocycles. The molecular weight excluding hydrogens is 243 g/mol. The van der Waals surface area contributed by atoms with Crippen molar-refractivity contribution < 1.29 is 9.13 Å². The number of rotatable bonds is 6. The van der Waals surface area contributed by atoms with Crippen LogP contribution >= 0.6 is 0 Å². The van der Waals surface area contributed by atoms with Crippen LogP contribution in [-0.2, 0) is 17.8 Å². The fraction of sp³-hybridized carbons (Fsp3) is 0.267. The SMILES string of the molecule is Nc1ccc(F)cc1COCCCc1ccncc1. The van der Waals surface area contributed by atoms with Gasteiger partial charge in [-0.3, -0.25) is 4.98 Å². The number of aryl methyl sites for hydroxylation is 1. The maximum atomic E-state index is 13.0. The summed E-state index contributed by atoms with van der Waals surface area (Å²) in [6, 6.07) is 8.31. The van der Waals surface area contributed by atoms with Gasteiger partial charge in [0.05, 0.1) is 6.61 Å². The average Bonchev–Trinajstić information content (AvgIpc) is 2.43. The van der Waals surface area contributed by atoms with Gasteiger partial charge in [-0.15, -0.1) is 0 Å². The van der Waals surface area contributed by atoms with E-state index < -0.39 is 0 Å². The van der Waals surface area contributed by atoms with E-state index in [1.807, 2.05) is 12.1 Å². The fourth-order valence-corrected chi connectivity index (χ4v) is 1.81. The topological polar surface area (TPSA) is 48.1 Å². The molecule has 0 saturated heterocycles. The maximum absolute atomic E-state index is 13.0. The number of nitrogens with zero attached hydrogens (tertiary/aromatic N) is 1. The molecule has 1 heterocycles. The highest BCUT2D eigenvalue weighted by Gasteiger charge is 2.01. The third-order valence-corrected chi connectivity index (χ3v) is 2.87. The van der Waals surface area contributed by atoms with E-state index in [-0.39, 0.29) is 5.82 Å². The number of aromatic nitrogens is 1. The zero-order chi connectivity index (χ0) is 13.5. The van der Waals surface area contributed by atoms with Crippen LogP contribution in [0.1, 0.15) is 17.5 Å². The van der Waals surface area contributed by atoms with Crippen molar-refractivity contribution in [3.8, 4) is 0 Å². The highest BCUT2D eigenvalue weighted by molar-refractivity contribution is 5.46. The summed E-state index contributed by atoms with van der Waals surface area (Å²) in [6.07, 6.45) is 5.42. The van der Waals surface area contributed by atoms with Crippen molar-refractivity contribution in [2.24, 2.45) is 0 Å². The number of nitrogen functional groups attached to an aromatic ring is 1. The van der Waals surface area contributed by atoms with Crippen LogP contribution in [0.25, 0.3) is 0 Å². The summed E-state index contributed by atoms with van der Waals surface area (Å²) < 4.78 is 18.5. The second-order valence-electron chi connectivity index (χ2n) is 4.35. The summed E-state index contributed by atoms with van der Waals surface area (Å²) in [7, 11) is 0. The number of nitrogens with two attached hydrogens (primary N) is 1. The minimum atomic E-state index is -0.287. The van der Waals surface area contributed by atoms with Gasteiger partial charge < -0.3 is 10.5 Å². The highest BCUT2D eigenvalue weighted by Crippen LogP contribution is 2.14. The minimum Gasteiger partial charge on any atom is -0.398 e. The van der Waals surface area contributed by atoms with Gasteiger partial charge in [-0.1, -0.05) is 0 Å². The summed E-state index contributed by atoms with van der Waals surface area (Å²) in [5.74, 6) is -0.287. The van der Waals surface area contributed by atoms with E-state index in [1.165, 1.54) is 17.7 Å². The predicted molar refractivity (Wildman–Crippen MR) is 73.0 cm³/mol. The summed E-state index contributed by atoms with van der Waals surface area (Å²) in [5.41, 5.74) is 8.24. The summed E-state index contributed by atoms with van der Waals surface area (Å²) in [6.45, 7) is 0.970. The molecule has 0 spiro atoms. The van der Waals surface area contributed by atoms with Crippen molar-refractivity contribution in [2.45, 2.75) is 19.4 Å². The number of hydrogen-bond donors (Lipinski definition) is 1. The molecule has 3 nitrogen and oxygen atoms in total. The molecule has 2 aromatic rings. The number of ether oxygens (including phenoxy) is 1. The van der Waals surface area contributed by atoms with E-state index in [2.05, 4.69) is 4.98 Å². The lowest BCUT2D eigenvalue weighted by Crippen LogP contribution is -2.01. The zero-order valence-corrected chi connectivity index (χ0v) is 10.7. The summed E-state index contributed by atoms with van der Waals surface area (Å²) in [4.78, 5) is 3.97. The van der Waals surface area contributed by atoms with Gasteiger partial charge in [0.15, 0.2) is 0 Å². The van der Waals surface area contributed by atoms with Crippen LogP contribution in [0, 0.1) is 5.82 Å². The Bertz CT molecular complexity index is 517. The standard InChI is InChI=1S/C15H17FN2O/c16-14-3-4-15(17)13(10-14)11-19-9-1-2-12-5-7-18-8-6-12/h3-8,10H,1-2,9,11,17H2. The van der Waals surface area contributed by atoms with Gasteiger partial charge in [-0.05, 0) is 48.7 Å². The Morgan fingerprint density at radius 1 is 1.16 bits per heavy atom. The second kappa shape index (κ2) is 6.85. The van der Waals surface area contributed by atoms with E-state index in [4.69, 9.17) is 10.5 Å². The van der Waals surface area contributed by atoms with Crippen molar-refractivity contribution in [2.75, 3.05) is 12.3 Å². The van der Waals surface area contributed by atoms with E-state index in [9.17, 15) is 4.39 Å². The molecule has 0 fully saturated rings. The number of pyridine rings is 1. The lowest BCUT2D eigenvalue weighted by molar-refractivity contribution is 0.119. The Labute approximate surface area is 112 Å². The monoisotopic (exact) mass is 260 g/mol. The van der Waals surface area contributed by atoms with Crippen molar-refractivity contribution in [1.29, 1.82) is 0 Å². The zero-order valence-electron chi connectivity index (χ0n) is 10.7. The van der Waals surface area contributed by atoms with Gasteiger partial charge in [-0.2, -0.15) is 0 Å². The molecule has 4 heteroatoms. The molecule has 0 atom stereocenters. The van der Waals surface area contributed by atoms with Gasteiger partial charge in [0.1, 0.15) is 5.82 Å². The third-order valence-electron chi connectivity index (χ3n) is 2.87. The molecule has 0 unspecified atom stereocenters. The molecule has 1 aromatic heterocycles. The van der Waals surface area contributed by atoms with Gasteiger partial charge in [0, 0.05) is 30.3 Å². The average molecular weight is 260 g/mol. The molecule has 0 saturated carbocycles. The molecule has 2 rings (SSSR count). The Kier molecular flexibility index (Phi) is 4.86. The van der Waals surface area contributed by atoms with Crippen LogP contribution in [0.3, 0.4) is 0 Å². The van der Waals surface area contributed by atoms with E-state index in [0.717, 1.165) is 12.8 Å². The molecule has 2 N–H and O–H groups in total. The Morgan fingerprint density at radius 3 is 2.74 bits per heavy atom. The Balaban J connectivity index is 1.71. The second-order valence-corrected chi connectivity index (χ2v) is 4.35. The van der Waals surface area contributed by atoms with Crippen LogP contribution in [0.4, 0.5) is 10.1 Å². The highest BCUT2D eigenvalue weighted by atomic mass is 19.1. The first-order chi connectivity index (χ1) is 9.25. The lowest BCUT2D eigenvalue weighted by atomic mass is 10.1. The molecule has 0 radical (unpaired) electrons. The Hall–Kier alpha value is -1.94. The molecule has 0 amide bonds. The van der Waals surface area contributed by atoms with Crippen molar-refractivity contribution in [1.82, 2.24) is 4.98 Å². The molecule has 0 aliphatic carbocycles. The van der Waals surface area contributed by atoms with Gasteiger partial charge in [0.2, 0.25) is 0 Å². The maximum Gasteiger partial charge on any atom is 0.123 e. The van der Waals surface area contributed by atoms with Crippen LogP contribution in [0.15, 0.2) is 42.7 Å². The van der Waals surface area contributed by atoms with Crippen LogP contribution < -0.4 is 5.73 Å². The van der Waals surface area contributed by atoms with Gasteiger partial charge in [-0.25, -0.2) is 4.39 Å². The number of anilines is 1. The predicted octanol–water partition coefficient (Wildman–Crippen LogP) is 2.95. The van der Waals surface area contributed by atoms with Crippen LogP contribution in [0.2, 0.25) is 0 Å². The van der Waals surface area contributed by atoms with E-state index in [0.29, 0.717) is 24.5 Å². The quantitative estimate of drug-likeness (QED) is 0.641. The first-order valence-corrected chi connectivity index (χ1v) is 6.26. The summed E-state index contributed by atoms with van der Waals surface area (Å²) in [5, 5.41) is 0. The molecule has 19 heavy (non-hydrogen) atoms. The normalized spacial score (nSPS) is 10.6. The van der Waals surface area contributed by atoms with Gasteiger partial charge >= 0.3 is 0 Å². The number of hydrogen-bond acceptors (Lipinski definition) is 3. The van der Waals surface area contributed by atoms with Crippen LogP contribution in [0.5, 0.6) is 0 Å². The largest absolute Gasteiger partial charge is 0.398 e. The minimum absolute atomic E-state index is 0.287. The molecule has 0 aliphatic rings. The van der Waals surface area contributed by atoms with Crippen LogP contribution in [-0.4, -0.2) is 11.6 Å². The first-order valence-electron chi connectivity index (χ1n) is 6.26. The molecule has 0 bridgehead atoms. The van der Waals surface area contributed by atoms with E-state index >= 15 is 0 Å². The van der Waals surface area contributed by atoms with Gasteiger partial charge in [0.25, 0.3) is 0 Å². The molecular formula is C15H17FN2O. The molecule has 0 aliphatic heterocycles. The summed E-state index contributed by atoms with van der Waals surface area (Å²) >= 11 is 0. The fourth-order valence-electron chi connectivity index (χ4n) is 1.81. The number of benzene rings is 1. The smallest absolute Gasteiger partial charge is 0.123 e. The first kappa shape index (κ1) is 13.5. The van der Waals surface area contributed by atoms with E-state index in [1.54, 1.807) is 18.5 Å². The number of halogens is 1. The van der Waals surface area contributed by atoms with Crippen molar-refractivity contribution in [3.63, 3.8) is 0 Å².